The fourth-order valence-electron chi connectivity index (χ4n) is 3.31. The maximum absolute atomic E-state index is 5.38. The number of pyridine rings is 1. The monoisotopic (exact) mass is 409 g/mol. The van der Waals surface area contributed by atoms with Crippen LogP contribution in [0.2, 0.25) is 0 Å². The van der Waals surface area contributed by atoms with Crippen molar-refractivity contribution in [1.82, 2.24) is 20.0 Å². The number of ether oxygens (including phenoxy) is 2. The quantitative estimate of drug-likeness (QED) is 0.420. The highest BCUT2D eigenvalue weighted by Gasteiger charge is 2.06. The van der Waals surface area contributed by atoms with Gasteiger partial charge in [0.2, 0.25) is 0 Å². The third-order valence-corrected chi connectivity index (χ3v) is 4.86. The van der Waals surface area contributed by atoms with Gasteiger partial charge in [0.25, 0.3) is 0 Å². The Morgan fingerprint density at radius 2 is 1.93 bits per heavy atom. The Morgan fingerprint density at radius 1 is 1.10 bits per heavy atom. The van der Waals surface area contributed by atoms with Gasteiger partial charge in [-0.2, -0.15) is 0 Å². The molecular formula is C23H31N5O2. The van der Waals surface area contributed by atoms with Gasteiger partial charge < -0.3 is 24.5 Å². The van der Waals surface area contributed by atoms with Crippen molar-refractivity contribution in [2.45, 2.75) is 26.7 Å². The van der Waals surface area contributed by atoms with Crippen molar-refractivity contribution in [3.05, 3.63) is 59.5 Å². The van der Waals surface area contributed by atoms with Crippen LogP contribution < -0.4 is 20.1 Å². The zero-order valence-corrected chi connectivity index (χ0v) is 18.2. The fraction of sp³-hybridized carbons (Fsp3) is 0.391. The normalized spacial score (nSPS) is 11.5. The van der Waals surface area contributed by atoms with Crippen molar-refractivity contribution in [3.8, 4) is 11.5 Å². The molecule has 0 radical (unpaired) electrons. The summed E-state index contributed by atoms with van der Waals surface area (Å²) in [5.74, 6) is 2.31. The summed E-state index contributed by atoms with van der Waals surface area (Å²) in [7, 11) is 3.30. The molecule has 0 atom stereocenters. The number of aryl methyl sites for hydroxylation is 1. The number of rotatable bonds is 9. The van der Waals surface area contributed by atoms with Gasteiger partial charge in [0.15, 0.2) is 17.5 Å². The van der Waals surface area contributed by atoms with E-state index < -0.39 is 0 Å². The second-order valence-electron chi connectivity index (χ2n) is 7.03. The van der Waals surface area contributed by atoms with Crippen molar-refractivity contribution in [2.24, 2.45) is 4.99 Å². The van der Waals surface area contributed by atoms with Crippen LogP contribution in [-0.4, -0.2) is 49.2 Å². The minimum atomic E-state index is 0.675. The van der Waals surface area contributed by atoms with Gasteiger partial charge in [0.1, 0.15) is 5.65 Å². The highest BCUT2D eigenvalue weighted by Crippen LogP contribution is 2.27. The third kappa shape index (κ3) is 5.43. The molecule has 0 spiro atoms. The second kappa shape index (κ2) is 10.5. The molecule has 3 aromatic rings. The summed E-state index contributed by atoms with van der Waals surface area (Å²) in [5.41, 5.74) is 4.42. The summed E-state index contributed by atoms with van der Waals surface area (Å²) in [6.45, 7) is 6.41. The van der Waals surface area contributed by atoms with Crippen LogP contribution in [0.1, 0.15) is 23.7 Å². The van der Waals surface area contributed by atoms with Crippen LogP contribution in [-0.2, 0) is 12.8 Å². The molecule has 0 saturated carbocycles. The minimum absolute atomic E-state index is 0.675. The van der Waals surface area contributed by atoms with Gasteiger partial charge in [0.05, 0.1) is 19.9 Å². The van der Waals surface area contributed by atoms with E-state index in [-0.39, 0.29) is 0 Å². The van der Waals surface area contributed by atoms with Crippen LogP contribution in [0.15, 0.2) is 47.7 Å². The van der Waals surface area contributed by atoms with Crippen LogP contribution in [0, 0.1) is 6.92 Å². The number of benzene rings is 1. The number of nitrogens with one attached hydrogen (secondary N) is 2. The maximum atomic E-state index is 5.38. The molecule has 3 rings (SSSR count). The van der Waals surface area contributed by atoms with E-state index in [2.05, 4.69) is 47.2 Å². The van der Waals surface area contributed by atoms with Crippen molar-refractivity contribution < 1.29 is 9.47 Å². The molecule has 0 bridgehead atoms. The lowest BCUT2D eigenvalue weighted by molar-refractivity contribution is 0.354. The zero-order chi connectivity index (χ0) is 21.3. The first-order valence-corrected chi connectivity index (χ1v) is 10.3. The first kappa shape index (κ1) is 21.5. The Balaban J connectivity index is 1.54. The van der Waals surface area contributed by atoms with E-state index in [1.54, 1.807) is 14.2 Å². The average molecular weight is 410 g/mol. The van der Waals surface area contributed by atoms with E-state index >= 15 is 0 Å². The van der Waals surface area contributed by atoms with E-state index in [0.717, 1.165) is 54.7 Å². The Hall–Kier alpha value is -3.22. The summed E-state index contributed by atoms with van der Waals surface area (Å²) in [6.07, 6.45) is 5.76. The average Bonchev–Trinajstić information content (AvgIpc) is 3.18. The summed E-state index contributed by atoms with van der Waals surface area (Å²) >= 11 is 0. The SMILES string of the molecule is CCNC(=NCCc1cn2cccc(C)c2n1)NCCc1ccc(OC)c(OC)c1. The zero-order valence-electron chi connectivity index (χ0n) is 18.2. The Labute approximate surface area is 178 Å². The molecule has 2 N–H and O–H groups in total. The molecule has 0 saturated heterocycles. The van der Waals surface area contributed by atoms with Gasteiger partial charge in [-0.3, -0.25) is 4.99 Å². The topological polar surface area (TPSA) is 72.2 Å². The molecular weight excluding hydrogens is 378 g/mol. The van der Waals surface area contributed by atoms with Crippen molar-refractivity contribution in [2.75, 3.05) is 33.9 Å². The number of fused-ring (bicyclic) bond motifs is 1. The number of imidazole rings is 1. The number of hydrogen-bond acceptors (Lipinski definition) is 4. The first-order chi connectivity index (χ1) is 14.6. The van der Waals surface area contributed by atoms with Gasteiger partial charge in [-0.15, -0.1) is 0 Å². The van der Waals surface area contributed by atoms with E-state index in [0.29, 0.717) is 6.54 Å². The molecule has 30 heavy (non-hydrogen) atoms. The van der Waals surface area contributed by atoms with E-state index in [1.165, 1.54) is 11.1 Å². The summed E-state index contributed by atoms with van der Waals surface area (Å²) < 4.78 is 12.7. The smallest absolute Gasteiger partial charge is 0.191 e. The first-order valence-electron chi connectivity index (χ1n) is 10.3. The molecule has 7 heteroatoms. The van der Waals surface area contributed by atoms with Crippen molar-refractivity contribution in [1.29, 1.82) is 0 Å². The molecule has 1 aromatic carbocycles. The van der Waals surface area contributed by atoms with E-state index in [1.807, 2.05) is 24.4 Å². The van der Waals surface area contributed by atoms with Crippen LogP contribution in [0.25, 0.3) is 5.65 Å². The van der Waals surface area contributed by atoms with Gasteiger partial charge in [-0.05, 0) is 49.6 Å². The Bertz CT molecular complexity index is 996. The fourth-order valence-corrected chi connectivity index (χ4v) is 3.31. The van der Waals surface area contributed by atoms with Crippen molar-refractivity contribution >= 4 is 11.6 Å². The standard InChI is InChI=1S/C23H31N5O2/c1-5-24-23(25-12-10-18-8-9-20(29-3)21(15-18)30-4)26-13-11-19-16-28-14-6-7-17(2)22(28)27-19/h6-9,14-16H,5,10-13H2,1-4H3,(H2,24,25,26). The molecule has 0 unspecified atom stereocenters. The number of hydrogen-bond donors (Lipinski definition) is 2. The summed E-state index contributed by atoms with van der Waals surface area (Å²) in [4.78, 5) is 9.41. The largest absolute Gasteiger partial charge is 0.493 e. The summed E-state index contributed by atoms with van der Waals surface area (Å²) in [5, 5.41) is 6.70. The van der Waals surface area contributed by atoms with Gasteiger partial charge in [-0.25, -0.2) is 4.98 Å². The summed E-state index contributed by atoms with van der Waals surface area (Å²) in [6, 6.07) is 10.1. The maximum Gasteiger partial charge on any atom is 0.191 e. The van der Waals surface area contributed by atoms with Crippen LogP contribution in [0.5, 0.6) is 11.5 Å². The number of methoxy groups -OCH3 is 2. The molecule has 0 aliphatic carbocycles. The number of aliphatic imine (C=N–C) groups is 1. The molecule has 0 fully saturated rings. The molecule has 2 heterocycles. The molecule has 7 nitrogen and oxygen atoms in total. The minimum Gasteiger partial charge on any atom is -0.493 e. The number of aromatic nitrogens is 2. The van der Waals surface area contributed by atoms with E-state index in [4.69, 9.17) is 19.5 Å². The Morgan fingerprint density at radius 3 is 2.67 bits per heavy atom. The highest BCUT2D eigenvalue weighted by molar-refractivity contribution is 5.79. The third-order valence-electron chi connectivity index (χ3n) is 4.86. The number of guanidine groups is 1. The molecule has 0 amide bonds. The lowest BCUT2D eigenvalue weighted by atomic mass is 10.1. The van der Waals surface area contributed by atoms with Gasteiger partial charge >= 0.3 is 0 Å². The van der Waals surface area contributed by atoms with Crippen LogP contribution >= 0.6 is 0 Å². The van der Waals surface area contributed by atoms with Crippen LogP contribution in [0.3, 0.4) is 0 Å². The van der Waals surface area contributed by atoms with E-state index in [9.17, 15) is 0 Å². The second-order valence-corrected chi connectivity index (χ2v) is 7.03. The molecule has 160 valence electrons. The van der Waals surface area contributed by atoms with Gasteiger partial charge in [0, 0.05) is 38.4 Å². The molecule has 2 aromatic heterocycles. The lowest BCUT2D eigenvalue weighted by Gasteiger charge is -2.12. The van der Waals surface area contributed by atoms with Crippen LogP contribution in [0.4, 0.5) is 0 Å². The van der Waals surface area contributed by atoms with Crippen molar-refractivity contribution in [3.63, 3.8) is 0 Å². The molecule has 0 aliphatic heterocycles. The highest BCUT2D eigenvalue weighted by atomic mass is 16.5. The predicted octanol–water partition coefficient (Wildman–Crippen LogP) is 3.00. The lowest BCUT2D eigenvalue weighted by Crippen LogP contribution is -2.38. The molecule has 0 aliphatic rings. The predicted molar refractivity (Wildman–Crippen MR) is 121 cm³/mol. The van der Waals surface area contributed by atoms with Gasteiger partial charge in [-0.1, -0.05) is 12.1 Å². The Kier molecular flexibility index (Phi) is 7.54. The number of nitrogens with zero attached hydrogens (tertiary/aromatic N) is 3.